The second-order valence-electron chi connectivity index (χ2n) is 3.96. The van der Waals surface area contributed by atoms with Gasteiger partial charge in [-0.1, -0.05) is 0 Å². The maximum atomic E-state index is 12.1. The van der Waals surface area contributed by atoms with Crippen molar-refractivity contribution >= 4 is 22.4 Å². The molecule has 0 spiro atoms. The standard InChI is InChI=1S/C13H20N2O3S/c1-3-18-10-6-7-11(14)12(9-10)19(17)8-4-5-13(16)15-2/h6-7,9H,3-5,8,14H2,1-2H3,(H,15,16). The van der Waals surface area contributed by atoms with Crippen molar-refractivity contribution in [1.29, 1.82) is 0 Å². The van der Waals surface area contributed by atoms with Crippen LogP contribution < -0.4 is 15.8 Å². The Hall–Kier alpha value is -1.56. The molecule has 0 aliphatic heterocycles. The van der Waals surface area contributed by atoms with Gasteiger partial charge in [-0.05, 0) is 31.5 Å². The molecular formula is C13H20N2O3S. The molecule has 106 valence electrons. The molecule has 1 amide bonds. The fourth-order valence-corrected chi connectivity index (χ4v) is 2.77. The first-order chi connectivity index (χ1) is 9.08. The Balaban J connectivity index is 2.65. The van der Waals surface area contributed by atoms with Crippen LogP contribution in [0.4, 0.5) is 5.69 Å². The van der Waals surface area contributed by atoms with E-state index >= 15 is 0 Å². The minimum atomic E-state index is -1.21. The van der Waals surface area contributed by atoms with Crippen LogP contribution in [0.3, 0.4) is 0 Å². The molecular weight excluding hydrogens is 264 g/mol. The number of rotatable bonds is 7. The number of nitrogens with two attached hydrogens (primary N) is 1. The molecule has 1 rings (SSSR count). The highest BCUT2D eigenvalue weighted by atomic mass is 32.2. The number of benzene rings is 1. The third kappa shape index (κ3) is 4.90. The van der Waals surface area contributed by atoms with Gasteiger partial charge in [0.15, 0.2) is 0 Å². The van der Waals surface area contributed by atoms with Crippen molar-refractivity contribution in [3.05, 3.63) is 18.2 Å². The molecule has 19 heavy (non-hydrogen) atoms. The summed E-state index contributed by atoms with van der Waals surface area (Å²) < 4.78 is 17.5. The molecule has 0 heterocycles. The maximum Gasteiger partial charge on any atom is 0.219 e. The molecule has 0 aromatic heterocycles. The molecule has 3 N–H and O–H groups in total. The number of hydrogen-bond acceptors (Lipinski definition) is 4. The summed E-state index contributed by atoms with van der Waals surface area (Å²) in [4.78, 5) is 11.7. The second kappa shape index (κ2) is 7.78. The van der Waals surface area contributed by atoms with Crippen LogP contribution in [-0.4, -0.2) is 29.5 Å². The Morgan fingerprint density at radius 3 is 2.84 bits per heavy atom. The quantitative estimate of drug-likeness (QED) is 0.740. The van der Waals surface area contributed by atoms with Crippen LogP contribution in [-0.2, 0) is 15.6 Å². The van der Waals surface area contributed by atoms with Gasteiger partial charge in [0.05, 0.1) is 22.3 Å². The number of ether oxygens (including phenoxy) is 1. The summed E-state index contributed by atoms with van der Waals surface area (Å²) in [5.74, 6) is 1.02. The largest absolute Gasteiger partial charge is 0.494 e. The van der Waals surface area contributed by atoms with E-state index in [1.54, 1.807) is 25.2 Å². The van der Waals surface area contributed by atoms with E-state index in [0.717, 1.165) is 0 Å². The van der Waals surface area contributed by atoms with E-state index in [2.05, 4.69) is 5.32 Å². The smallest absolute Gasteiger partial charge is 0.219 e. The van der Waals surface area contributed by atoms with Crippen LogP contribution >= 0.6 is 0 Å². The lowest BCUT2D eigenvalue weighted by Crippen LogP contribution is -2.18. The maximum absolute atomic E-state index is 12.1. The van der Waals surface area contributed by atoms with Crippen molar-refractivity contribution in [3.63, 3.8) is 0 Å². The molecule has 5 nitrogen and oxygen atoms in total. The van der Waals surface area contributed by atoms with E-state index in [0.29, 0.717) is 41.5 Å². The summed E-state index contributed by atoms with van der Waals surface area (Å²) in [6.07, 6.45) is 0.928. The zero-order valence-corrected chi connectivity index (χ0v) is 12.1. The first-order valence-electron chi connectivity index (χ1n) is 6.19. The summed E-state index contributed by atoms with van der Waals surface area (Å²) in [7, 11) is 0.374. The average Bonchev–Trinajstić information content (AvgIpc) is 2.40. The highest BCUT2D eigenvalue weighted by Gasteiger charge is 2.10. The van der Waals surface area contributed by atoms with E-state index in [1.165, 1.54) is 0 Å². The number of anilines is 1. The molecule has 0 aliphatic rings. The first kappa shape index (κ1) is 15.5. The molecule has 1 unspecified atom stereocenters. The van der Waals surface area contributed by atoms with Gasteiger partial charge in [0.25, 0.3) is 0 Å². The van der Waals surface area contributed by atoms with Crippen LogP contribution in [0, 0.1) is 0 Å². The molecule has 1 aromatic rings. The molecule has 1 atom stereocenters. The van der Waals surface area contributed by atoms with Gasteiger partial charge < -0.3 is 15.8 Å². The summed E-state index contributed by atoms with van der Waals surface area (Å²) in [5, 5.41) is 2.53. The third-order valence-corrected chi connectivity index (χ3v) is 4.06. The Morgan fingerprint density at radius 2 is 2.21 bits per heavy atom. The van der Waals surface area contributed by atoms with E-state index in [-0.39, 0.29) is 5.91 Å². The highest BCUT2D eigenvalue weighted by Crippen LogP contribution is 2.23. The predicted molar refractivity (Wildman–Crippen MR) is 76.6 cm³/mol. The van der Waals surface area contributed by atoms with Gasteiger partial charge in [-0.15, -0.1) is 0 Å². The average molecular weight is 284 g/mol. The monoisotopic (exact) mass is 284 g/mol. The van der Waals surface area contributed by atoms with Crippen LogP contribution in [0.1, 0.15) is 19.8 Å². The van der Waals surface area contributed by atoms with Crippen molar-refractivity contribution in [2.75, 3.05) is 25.1 Å². The Labute approximate surface area is 116 Å². The Bertz CT molecular complexity index is 463. The van der Waals surface area contributed by atoms with Crippen molar-refractivity contribution < 1.29 is 13.7 Å². The van der Waals surface area contributed by atoms with E-state index in [4.69, 9.17) is 10.5 Å². The lowest BCUT2D eigenvalue weighted by atomic mass is 10.3. The summed E-state index contributed by atoms with van der Waals surface area (Å²) in [6.45, 7) is 2.43. The van der Waals surface area contributed by atoms with Crippen molar-refractivity contribution in [3.8, 4) is 5.75 Å². The number of hydrogen-bond donors (Lipinski definition) is 2. The first-order valence-corrected chi connectivity index (χ1v) is 7.51. The number of carbonyl (C=O) groups is 1. The van der Waals surface area contributed by atoms with Crippen LogP contribution in [0.2, 0.25) is 0 Å². The van der Waals surface area contributed by atoms with Gasteiger partial charge in [-0.3, -0.25) is 9.00 Å². The molecule has 1 aromatic carbocycles. The van der Waals surface area contributed by atoms with Crippen LogP contribution in [0.15, 0.2) is 23.1 Å². The van der Waals surface area contributed by atoms with E-state index in [9.17, 15) is 9.00 Å². The van der Waals surface area contributed by atoms with Gasteiger partial charge in [-0.2, -0.15) is 0 Å². The molecule has 0 bridgehead atoms. The lowest BCUT2D eigenvalue weighted by molar-refractivity contribution is -0.120. The summed E-state index contributed by atoms with van der Waals surface area (Å²) >= 11 is 0. The van der Waals surface area contributed by atoms with E-state index < -0.39 is 10.8 Å². The number of nitrogen functional groups attached to an aromatic ring is 1. The topological polar surface area (TPSA) is 81.4 Å². The lowest BCUT2D eigenvalue weighted by Gasteiger charge is -2.09. The van der Waals surface area contributed by atoms with Gasteiger partial charge in [0.2, 0.25) is 5.91 Å². The van der Waals surface area contributed by atoms with Crippen molar-refractivity contribution in [2.24, 2.45) is 0 Å². The summed E-state index contributed by atoms with van der Waals surface area (Å²) in [5.41, 5.74) is 6.30. The Kier molecular flexibility index (Phi) is 6.35. The molecule has 0 fully saturated rings. The highest BCUT2D eigenvalue weighted by molar-refractivity contribution is 7.85. The van der Waals surface area contributed by atoms with Crippen molar-refractivity contribution in [1.82, 2.24) is 5.32 Å². The van der Waals surface area contributed by atoms with Crippen molar-refractivity contribution in [2.45, 2.75) is 24.7 Å². The minimum Gasteiger partial charge on any atom is -0.494 e. The van der Waals surface area contributed by atoms with Gasteiger partial charge in [0, 0.05) is 24.9 Å². The zero-order chi connectivity index (χ0) is 14.3. The molecule has 0 saturated heterocycles. The fraction of sp³-hybridized carbons (Fsp3) is 0.462. The normalized spacial score (nSPS) is 11.9. The number of amides is 1. The van der Waals surface area contributed by atoms with Gasteiger partial charge >= 0.3 is 0 Å². The molecule has 6 heteroatoms. The minimum absolute atomic E-state index is 0.0481. The molecule has 0 radical (unpaired) electrons. The molecule has 0 saturated carbocycles. The number of nitrogens with one attached hydrogen (secondary N) is 1. The fourth-order valence-electron chi connectivity index (χ4n) is 1.57. The molecule has 0 aliphatic carbocycles. The van der Waals surface area contributed by atoms with Gasteiger partial charge in [-0.25, -0.2) is 0 Å². The third-order valence-electron chi connectivity index (χ3n) is 2.55. The van der Waals surface area contributed by atoms with Crippen LogP contribution in [0.5, 0.6) is 5.75 Å². The SMILES string of the molecule is CCOc1ccc(N)c(S(=O)CCCC(=O)NC)c1. The zero-order valence-electron chi connectivity index (χ0n) is 11.3. The van der Waals surface area contributed by atoms with Gasteiger partial charge in [0.1, 0.15) is 5.75 Å². The summed E-state index contributed by atoms with van der Waals surface area (Å²) in [6, 6.07) is 5.15. The second-order valence-corrected chi connectivity index (χ2v) is 5.50. The Morgan fingerprint density at radius 1 is 1.47 bits per heavy atom. The van der Waals surface area contributed by atoms with E-state index in [1.807, 2.05) is 6.92 Å². The van der Waals surface area contributed by atoms with Crippen LogP contribution in [0.25, 0.3) is 0 Å². The predicted octanol–water partition coefficient (Wildman–Crippen LogP) is 1.30. The number of carbonyl (C=O) groups excluding carboxylic acids is 1.